The molecule has 2 N–H and O–H groups in total. The van der Waals surface area contributed by atoms with E-state index in [9.17, 15) is 4.79 Å². The molecule has 1 aromatic heterocycles. The highest BCUT2D eigenvalue weighted by atomic mass is 16.1. The number of rotatable bonds is 1. The third-order valence-corrected chi connectivity index (χ3v) is 4.61. The lowest BCUT2D eigenvalue weighted by atomic mass is 10.0. The molecule has 2 heterocycles. The van der Waals surface area contributed by atoms with E-state index in [1.807, 2.05) is 36.4 Å². The predicted molar refractivity (Wildman–Crippen MR) is 101 cm³/mol. The van der Waals surface area contributed by atoms with Crippen LogP contribution in [-0.4, -0.2) is 23.1 Å². The van der Waals surface area contributed by atoms with Crippen LogP contribution in [0.4, 0.5) is 5.69 Å². The Hall–Kier alpha value is -3.40. The maximum absolute atomic E-state index is 12.1. The fraction of sp³-hybridized carbons (Fsp3) is 0.0476. The van der Waals surface area contributed by atoms with E-state index < -0.39 is 0 Å². The quantitative estimate of drug-likeness (QED) is 0.543. The van der Waals surface area contributed by atoms with E-state index in [1.54, 1.807) is 0 Å². The number of hydrogen-bond acceptors (Lipinski definition) is 2. The Labute approximate surface area is 144 Å². The maximum atomic E-state index is 12.1. The van der Waals surface area contributed by atoms with Gasteiger partial charge in [0.1, 0.15) is 6.54 Å². The summed E-state index contributed by atoms with van der Waals surface area (Å²) in [6, 6.07) is 22.5. The first-order valence-electron chi connectivity index (χ1n) is 8.24. The molecule has 0 spiro atoms. The Bertz CT molecular complexity index is 1170. The second-order valence-electron chi connectivity index (χ2n) is 6.20. The molecule has 1 aliphatic rings. The van der Waals surface area contributed by atoms with Crippen molar-refractivity contribution < 1.29 is 4.79 Å². The third kappa shape index (κ3) is 2.22. The van der Waals surface area contributed by atoms with Gasteiger partial charge in [-0.2, -0.15) is 0 Å². The first kappa shape index (κ1) is 14.0. The number of fused-ring (bicyclic) bond motifs is 4. The molecule has 1 aliphatic heterocycles. The second kappa shape index (κ2) is 5.31. The molecule has 25 heavy (non-hydrogen) atoms. The molecule has 4 aromatic rings. The summed E-state index contributed by atoms with van der Waals surface area (Å²) in [7, 11) is 0. The molecule has 5 rings (SSSR count). The number of para-hydroxylation sites is 1. The van der Waals surface area contributed by atoms with Crippen molar-refractivity contribution in [2.75, 3.05) is 11.9 Å². The minimum absolute atomic E-state index is 0.0956. The molecule has 0 fully saturated rings. The smallest absolute Gasteiger partial charge is 0.246 e. The zero-order valence-corrected chi connectivity index (χ0v) is 13.4. The average Bonchev–Trinajstić information content (AvgIpc) is 2.91. The van der Waals surface area contributed by atoms with Crippen LogP contribution >= 0.6 is 0 Å². The summed E-state index contributed by atoms with van der Waals surface area (Å²) in [4.78, 5) is 20.2. The van der Waals surface area contributed by atoms with Crippen molar-refractivity contribution in [2.24, 2.45) is 4.99 Å². The first-order chi connectivity index (χ1) is 12.3. The third-order valence-electron chi connectivity index (χ3n) is 4.61. The van der Waals surface area contributed by atoms with E-state index >= 15 is 0 Å². The van der Waals surface area contributed by atoms with Crippen LogP contribution in [0.5, 0.6) is 0 Å². The van der Waals surface area contributed by atoms with Gasteiger partial charge >= 0.3 is 0 Å². The minimum Gasteiger partial charge on any atom is -0.351 e. The largest absolute Gasteiger partial charge is 0.351 e. The highest BCUT2D eigenvalue weighted by Crippen LogP contribution is 2.31. The number of amides is 1. The molecular formula is C21H15N3O. The van der Waals surface area contributed by atoms with Crippen LogP contribution < -0.4 is 5.32 Å². The normalized spacial score (nSPS) is 14.1. The van der Waals surface area contributed by atoms with E-state index in [-0.39, 0.29) is 12.5 Å². The summed E-state index contributed by atoms with van der Waals surface area (Å²) in [6.07, 6.45) is 0. The molecule has 0 aliphatic carbocycles. The summed E-state index contributed by atoms with van der Waals surface area (Å²) in [5, 5.41) is 6.34. The number of hydrogen-bond donors (Lipinski definition) is 2. The standard InChI is InChI=1S/C21H15N3O/c25-18-12-22-19(15-10-9-13-5-1-2-6-14(13)11-15)21-20(24-18)16-7-3-4-8-17(16)23-21/h1-11,23H,12H2,(H,24,25). The van der Waals surface area contributed by atoms with Crippen molar-refractivity contribution in [2.45, 2.75) is 0 Å². The molecule has 0 bridgehead atoms. The lowest BCUT2D eigenvalue weighted by Gasteiger charge is -2.07. The number of H-pyrrole nitrogens is 1. The van der Waals surface area contributed by atoms with E-state index in [4.69, 9.17) is 0 Å². The van der Waals surface area contributed by atoms with Crippen molar-refractivity contribution in [3.8, 4) is 0 Å². The SMILES string of the molecule is O=C1CN=C(c2ccc3ccccc3c2)c2[nH]c3ccccc3c2N1. The molecule has 0 atom stereocenters. The van der Waals surface area contributed by atoms with Crippen molar-refractivity contribution in [3.63, 3.8) is 0 Å². The number of aliphatic imine (C=N–C) groups is 1. The number of anilines is 1. The Kier molecular flexibility index (Phi) is 2.97. The van der Waals surface area contributed by atoms with Crippen LogP contribution in [0.25, 0.3) is 21.7 Å². The molecule has 4 nitrogen and oxygen atoms in total. The molecule has 0 saturated carbocycles. The van der Waals surface area contributed by atoms with Crippen LogP contribution in [0.3, 0.4) is 0 Å². The second-order valence-corrected chi connectivity index (χ2v) is 6.20. The van der Waals surface area contributed by atoms with Gasteiger partial charge in [-0.3, -0.25) is 9.79 Å². The van der Waals surface area contributed by atoms with Gasteiger partial charge in [0.05, 0.1) is 17.1 Å². The van der Waals surface area contributed by atoms with Crippen LogP contribution in [0.1, 0.15) is 11.3 Å². The van der Waals surface area contributed by atoms with Gasteiger partial charge in [0, 0.05) is 16.5 Å². The monoisotopic (exact) mass is 325 g/mol. The number of benzene rings is 3. The Morgan fingerprint density at radius 1 is 0.880 bits per heavy atom. The van der Waals surface area contributed by atoms with Crippen LogP contribution in [0, 0.1) is 0 Å². The average molecular weight is 325 g/mol. The highest BCUT2D eigenvalue weighted by molar-refractivity contribution is 6.23. The number of carbonyl (C=O) groups is 1. The van der Waals surface area contributed by atoms with E-state index in [1.165, 1.54) is 5.39 Å². The molecule has 3 aromatic carbocycles. The first-order valence-corrected chi connectivity index (χ1v) is 8.24. The molecule has 4 heteroatoms. The van der Waals surface area contributed by atoms with Crippen LogP contribution in [0.15, 0.2) is 71.7 Å². The van der Waals surface area contributed by atoms with Gasteiger partial charge in [0.2, 0.25) is 5.91 Å². The number of nitrogens with zero attached hydrogens (tertiary/aromatic N) is 1. The molecule has 120 valence electrons. The predicted octanol–water partition coefficient (Wildman–Crippen LogP) is 4.11. The van der Waals surface area contributed by atoms with E-state index in [0.29, 0.717) is 0 Å². The van der Waals surface area contributed by atoms with Crippen molar-refractivity contribution >= 4 is 39.0 Å². The number of aromatic amines is 1. The van der Waals surface area contributed by atoms with Gasteiger partial charge in [0.25, 0.3) is 0 Å². The van der Waals surface area contributed by atoms with Gasteiger partial charge in [-0.05, 0) is 22.9 Å². The molecule has 0 radical (unpaired) electrons. The Morgan fingerprint density at radius 3 is 2.60 bits per heavy atom. The van der Waals surface area contributed by atoms with Gasteiger partial charge in [-0.25, -0.2) is 0 Å². The summed E-state index contributed by atoms with van der Waals surface area (Å²) in [5.74, 6) is -0.0956. The molecule has 0 unspecified atom stereocenters. The summed E-state index contributed by atoms with van der Waals surface area (Å²) in [5.41, 5.74) is 4.48. The molecule has 1 amide bonds. The fourth-order valence-corrected chi connectivity index (χ4v) is 3.43. The lowest BCUT2D eigenvalue weighted by Crippen LogP contribution is -2.13. The van der Waals surface area contributed by atoms with Gasteiger partial charge in [-0.15, -0.1) is 0 Å². The number of nitrogens with one attached hydrogen (secondary N) is 2. The summed E-state index contributed by atoms with van der Waals surface area (Å²) in [6.45, 7) is 0.124. The van der Waals surface area contributed by atoms with Crippen molar-refractivity contribution in [3.05, 3.63) is 78.0 Å². The van der Waals surface area contributed by atoms with Gasteiger partial charge < -0.3 is 10.3 Å². The zero-order chi connectivity index (χ0) is 16.8. The fourth-order valence-electron chi connectivity index (χ4n) is 3.43. The van der Waals surface area contributed by atoms with Crippen molar-refractivity contribution in [1.82, 2.24) is 4.98 Å². The Morgan fingerprint density at radius 2 is 1.68 bits per heavy atom. The van der Waals surface area contributed by atoms with Crippen molar-refractivity contribution in [1.29, 1.82) is 0 Å². The molecular weight excluding hydrogens is 310 g/mol. The van der Waals surface area contributed by atoms with Gasteiger partial charge in [0.15, 0.2) is 0 Å². The topological polar surface area (TPSA) is 57.2 Å². The number of aromatic nitrogens is 1. The maximum Gasteiger partial charge on any atom is 0.246 e. The number of carbonyl (C=O) groups excluding carboxylic acids is 1. The summed E-state index contributed by atoms with van der Waals surface area (Å²) < 4.78 is 0. The lowest BCUT2D eigenvalue weighted by molar-refractivity contribution is -0.114. The van der Waals surface area contributed by atoms with Crippen LogP contribution in [-0.2, 0) is 4.79 Å². The summed E-state index contributed by atoms with van der Waals surface area (Å²) >= 11 is 0. The Balaban J connectivity index is 1.76. The molecule has 0 saturated heterocycles. The highest BCUT2D eigenvalue weighted by Gasteiger charge is 2.22. The van der Waals surface area contributed by atoms with Gasteiger partial charge in [-0.1, -0.05) is 54.6 Å². The van der Waals surface area contributed by atoms with E-state index in [2.05, 4.69) is 45.6 Å². The van der Waals surface area contributed by atoms with E-state index in [0.717, 1.165) is 38.9 Å². The van der Waals surface area contributed by atoms with Crippen LogP contribution in [0.2, 0.25) is 0 Å². The minimum atomic E-state index is -0.0956. The zero-order valence-electron chi connectivity index (χ0n) is 13.4.